The molecule has 1 unspecified atom stereocenters. The summed E-state index contributed by atoms with van der Waals surface area (Å²) in [6.07, 6.45) is 1.20. The van der Waals surface area contributed by atoms with Crippen molar-refractivity contribution in [3.05, 3.63) is 35.9 Å². The molecular weight excluding hydrogens is 264 g/mol. The summed E-state index contributed by atoms with van der Waals surface area (Å²) in [6.45, 7) is 11.5. The van der Waals surface area contributed by atoms with Gasteiger partial charge in [0.25, 0.3) is 0 Å². The van der Waals surface area contributed by atoms with E-state index in [1.54, 1.807) is 0 Å². The molecule has 1 aromatic rings. The standard InChI is InChI=1S/C17H28N2S/c1-4-10-18-13-16(15-8-6-5-7-9-15)19-11-12-20-17(2,3)14-19/h5-9,16,18H,4,10-14H2,1-3H3. The highest BCUT2D eigenvalue weighted by atomic mass is 32.2. The topological polar surface area (TPSA) is 15.3 Å². The highest BCUT2D eigenvalue weighted by Gasteiger charge is 2.31. The Morgan fingerprint density at radius 1 is 1.30 bits per heavy atom. The fourth-order valence-electron chi connectivity index (χ4n) is 2.87. The Kier molecular flexibility index (Phi) is 5.94. The van der Waals surface area contributed by atoms with Crippen LogP contribution in [0.4, 0.5) is 0 Å². The van der Waals surface area contributed by atoms with Gasteiger partial charge in [0.15, 0.2) is 0 Å². The molecule has 1 heterocycles. The molecule has 3 heteroatoms. The molecule has 2 nitrogen and oxygen atoms in total. The van der Waals surface area contributed by atoms with Crippen molar-refractivity contribution in [2.24, 2.45) is 0 Å². The Balaban J connectivity index is 2.09. The van der Waals surface area contributed by atoms with E-state index in [2.05, 4.69) is 73.1 Å². The lowest BCUT2D eigenvalue weighted by atomic mass is 10.0. The first-order chi connectivity index (χ1) is 9.62. The molecule has 0 aliphatic carbocycles. The van der Waals surface area contributed by atoms with Gasteiger partial charge in [0.05, 0.1) is 0 Å². The zero-order valence-electron chi connectivity index (χ0n) is 13.1. The van der Waals surface area contributed by atoms with E-state index in [-0.39, 0.29) is 0 Å². The summed E-state index contributed by atoms with van der Waals surface area (Å²) in [5.41, 5.74) is 1.44. The molecule has 1 aliphatic heterocycles. The molecule has 1 fully saturated rings. The van der Waals surface area contributed by atoms with E-state index >= 15 is 0 Å². The van der Waals surface area contributed by atoms with Crippen LogP contribution in [0.15, 0.2) is 30.3 Å². The molecule has 1 aromatic carbocycles. The normalized spacial score (nSPS) is 20.8. The molecule has 1 aliphatic rings. The van der Waals surface area contributed by atoms with Gasteiger partial charge in [-0.25, -0.2) is 0 Å². The monoisotopic (exact) mass is 292 g/mol. The maximum absolute atomic E-state index is 3.61. The molecule has 1 atom stereocenters. The Labute approximate surface area is 128 Å². The van der Waals surface area contributed by atoms with Crippen LogP contribution in [-0.2, 0) is 0 Å². The van der Waals surface area contributed by atoms with E-state index in [9.17, 15) is 0 Å². The van der Waals surface area contributed by atoms with Gasteiger partial charge < -0.3 is 5.32 Å². The molecule has 0 aromatic heterocycles. The minimum absolute atomic E-state index is 0.371. The van der Waals surface area contributed by atoms with Crippen LogP contribution >= 0.6 is 11.8 Å². The van der Waals surface area contributed by atoms with Gasteiger partial charge in [0, 0.05) is 36.2 Å². The molecule has 0 spiro atoms. The average Bonchev–Trinajstić information content (AvgIpc) is 2.43. The van der Waals surface area contributed by atoms with Crippen LogP contribution in [0.1, 0.15) is 38.8 Å². The Hall–Kier alpha value is -0.510. The number of rotatable bonds is 6. The SMILES string of the molecule is CCCNCC(c1ccccc1)N1CCSC(C)(C)C1. The third kappa shape index (κ3) is 4.51. The number of hydrogen-bond donors (Lipinski definition) is 1. The van der Waals surface area contributed by atoms with Crippen molar-refractivity contribution in [3.8, 4) is 0 Å². The second-order valence-electron chi connectivity index (χ2n) is 6.21. The van der Waals surface area contributed by atoms with Crippen LogP contribution < -0.4 is 5.32 Å². The van der Waals surface area contributed by atoms with Gasteiger partial charge in [-0.15, -0.1) is 0 Å². The molecule has 112 valence electrons. The number of hydrogen-bond acceptors (Lipinski definition) is 3. The number of thioether (sulfide) groups is 1. The van der Waals surface area contributed by atoms with Crippen LogP contribution in [0.3, 0.4) is 0 Å². The van der Waals surface area contributed by atoms with E-state index in [1.807, 2.05) is 0 Å². The summed E-state index contributed by atoms with van der Waals surface area (Å²) >= 11 is 2.10. The number of benzene rings is 1. The van der Waals surface area contributed by atoms with E-state index in [4.69, 9.17) is 0 Å². The van der Waals surface area contributed by atoms with Crippen LogP contribution in [-0.4, -0.2) is 41.6 Å². The molecule has 0 amide bonds. The van der Waals surface area contributed by atoms with Crippen molar-refractivity contribution < 1.29 is 0 Å². The van der Waals surface area contributed by atoms with Crippen molar-refractivity contribution >= 4 is 11.8 Å². The van der Waals surface area contributed by atoms with Gasteiger partial charge in [-0.1, -0.05) is 37.3 Å². The van der Waals surface area contributed by atoms with Crippen molar-refractivity contribution in [3.63, 3.8) is 0 Å². The lowest BCUT2D eigenvalue weighted by molar-refractivity contribution is 0.184. The molecule has 20 heavy (non-hydrogen) atoms. The van der Waals surface area contributed by atoms with Crippen molar-refractivity contribution in [1.29, 1.82) is 0 Å². The minimum atomic E-state index is 0.371. The molecule has 1 saturated heterocycles. The maximum atomic E-state index is 3.61. The van der Waals surface area contributed by atoms with Gasteiger partial charge in [-0.05, 0) is 32.4 Å². The Morgan fingerprint density at radius 3 is 2.70 bits per heavy atom. The van der Waals surface area contributed by atoms with Gasteiger partial charge in [0.2, 0.25) is 0 Å². The first-order valence-corrected chi connectivity index (χ1v) is 8.74. The third-order valence-electron chi connectivity index (χ3n) is 3.84. The van der Waals surface area contributed by atoms with Gasteiger partial charge >= 0.3 is 0 Å². The van der Waals surface area contributed by atoms with Crippen LogP contribution in [0, 0.1) is 0 Å². The first-order valence-electron chi connectivity index (χ1n) is 7.76. The third-order valence-corrected chi connectivity index (χ3v) is 5.14. The van der Waals surface area contributed by atoms with E-state index in [0.29, 0.717) is 10.8 Å². The average molecular weight is 292 g/mol. The highest BCUT2D eigenvalue weighted by Crippen LogP contribution is 2.33. The molecule has 2 rings (SSSR count). The molecule has 0 bridgehead atoms. The van der Waals surface area contributed by atoms with Crippen LogP contribution in [0.5, 0.6) is 0 Å². The maximum Gasteiger partial charge on any atom is 0.0473 e. The summed E-state index contributed by atoms with van der Waals surface area (Å²) in [7, 11) is 0. The van der Waals surface area contributed by atoms with Crippen LogP contribution in [0.25, 0.3) is 0 Å². The summed E-state index contributed by atoms with van der Waals surface area (Å²) in [5.74, 6) is 1.24. The van der Waals surface area contributed by atoms with Crippen LogP contribution in [0.2, 0.25) is 0 Å². The van der Waals surface area contributed by atoms with E-state index < -0.39 is 0 Å². The van der Waals surface area contributed by atoms with Crippen molar-refractivity contribution in [2.75, 3.05) is 31.9 Å². The second-order valence-corrected chi connectivity index (χ2v) is 8.01. The predicted molar refractivity (Wildman–Crippen MR) is 90.5 cm³/mol. The predicted octanol–water partition coefficient (Wildman–Crippen LogP) is 3.55. The molecule has 1 N–H and O–H groups in total. The van der Waals surface area contributed by atoms with Crippen molar-refractivity contribution in [1.82, 2.24) is 10.2 Å². The fraction of sp³-hybridized carbons (Fsp3) is 0.647. The van der Waals surface area contributed by atoms with Gasteiger partial charge in [-0.2, -0.15) is 11.8 Å². The Morgan fingerprint density at radius 2 is 2.05 bits per heavy atom. The van der Waals surface area contributed by atoms with Gasteiger partial charge in [0.1, 0.15) is 0 Å². The highest BCUT2D eigenvalue weighted by molar-refractivity contribution is 8.00. The molecular formula is C17H28N2S. The first kappa shape index (κ1) is 15.9. The van der Waals surface area contributed by atoms with E-state index in [0.717, 1.165) is 13.1 Å². The minimum Gasteiger partial charge on any atom is -0.315 e. The van der Waals surface area contributed by atoms with Gasteiger partial charge in [-0.3, -0.25) is 4.90 Å². The zero-order valence-corrected chi connectivity index (χ0v) is 13.9. The number of nitrogens with one attached hydrogen (secondary N) is 1. The summed E-state index contributed by atoms with van der Waals surface area (Å²) in [4.78, 5) is 2.66. The molecule has 0 radical (unpaired) electrons. The summed E-state index contributed by atoms with van der Waals surface area (Å²) in [6, 6.07) is 11.5. The lowest BCUT2D eigenvalue weighted by Gasteiger charge is -2.42. The lowest BCUT2D eigenvalue weighted by Crippen LogP contribution is -2.47. The quantitative estimate of drug-likeness (QED) is 0.807. The summed E-state index contributed by atoms with van der Waals surface area (Å²) in [5, 5.41) is 3.61. The Bertz CT molecular complexity index is 391. The van der Waals surface area contributed by atoms with Crippen molar-refractivity contribution in [2.45, 2.75) is 38.0 Å². The number of nitrogens with zero attached hydrogens (tertiary/aromatic N) is 1. The second kappa shape index (κ2) is 7.48. The smallest absolute Gasteiger partial charge is 0.0473 e. The summed E-state index contributed by atoms with van der Waals surface area (Å²) < 4.78 is 0.371. The fourth-order valence-corrected chi connectivity index (χ4v) is 4.00. The molecule has 0 saturated carbocycles. The zero-order chi connectivity index (χ0) is 14.4. The largest absolute Gasteiger partial charge is 0.315 e. The van der Waals surface area contributed by atoms with E-state index in [1.165, 1.54) is 30.8 Å².